The molecule has 2 N–H and O–H groups in total. The molecule has 0 aliphatic carbocycles. The maximum Gasteiger partial charge on any atom is 0.118 e. The summed E-state index contributed by atoms with van der Waals surface area (Å²) < 4.78 is 2.04. The van der Waals surface area contributed by atoms with Crippen LogP contribution in [0.4, 0.5) is 5.69 Å². The van der Waals surface area contributed by atoms with Crippen LogP contribution in [0.3, 0.4) is 0 Å². The van der Waals surface area contributed by atoms with Gasteiger partial charge in [0, 0.05) is 30.0 Å². The molecule has 0 unspecified atom stereocenters. The van der Waals surface area contributed by atoms with Crippen LogP contribution in [0.5, 0.6) is 0 Å². The largest absolute Gasteiger partial charge is 0.399 e. The van der Waals surface area contributed by atoms with Crippen molar-refractivity contribution in [2.24, 2.45) is 7.05 Å². The molecule has 1 aromatic heterocycles. The van der Waals surface area contributed by atoms with E-state index >= 15 is 0 Å². The van der Waals surface area contributed by atoms with Gasteiger partial charge in [-0.05, 0) is 24.6 Å². The average molecular weight is 233 g/mol. The SMILES string of the molecule is Cc1ccc(N)cc1SCc1nccn1C. The lowest BCUT2D eigenvalue weighted by molar-refractivity contribution is 0.849. The Morgan fingerprint density at radius 2 is 2.25 bits per heavy atom. The second kappa shape index (κ2) is 4.61. The van der Waals surface area contributed by atoms with Gasteiger partial charge in [-0.25, -0.2) is 4.98 Å². The van der Waals surface area contributed by atoms with Gasteiger partial charge in [0.05, 0.1) is 5.75 Å². The topological polar surface area (TPSA) is 43.8 Å². The highest BCUT2D eigenvalue weighted by atomic mass is 32.2. The molecule has 2 aromatic rings. The fourth-order valence-corrected chi connectivity index (χ4v) is 2.53. The molecular formula is C12H15N3S. The number of aromatic nitrogens is 2. The fourth-order valence-electron chi connectivity index (χ4n) is 1.45. The normalized spacial score (nSPS) is 10.6. The first-order chi connectivity index (χ1) is 7.66. The van der Waals surface area contributed by atoms with Crippen molar-refractivity contribution in [1.29, 1.82) is 0 Å². The number of hydrogen-bond donors (Lipinski definition) is 1. The van der Waals surface area contributed by atoms with Gasteiger partial charge in [0.1, 0.15) is 5.82 Å². The molecule has 0 amide bonds. The Morgan fingerprint density at radius 1 is 1.44 bits per heavy atom. The number of hydrogen-bond acceptors (Lipinski definition) is 3. The second-order valence-corrected chi connectivity index (χ2v) is 4.79. The van der Waals surface area contributed by atoms with Crippen LogP contribution in [0, 0.1) is 6.92 Å². The second-order valence-electron chi connectivity index (χ2n) is 3.77. The van der Waals surface area contributed by atoms with Gasteiger partial charge in [-0.2, -0.15) is 0 Å². The summed E-state index contributed by atoms with van der Waals surface area (Å²) in [6, 6.07) is 6.00. The smallest absolute Gasteiger partial charge is 0.118 e. The van der Waals surface area contributed by atoms with Gasteiger partial charge in [-0.15, -0.1) is 11.8 Å². The van der Waals surface area contributed by atoms with Crippen LogP contribution in [0.15, 0.2) is 35.5 Å². The third-order valence-electron chi connectivity index (χ3n) is 2.49. The molecule has 16 heavy (non-hydrogen) atoms. The zero-order valence-electron chi connectivity index (χ0n) is 9.47. The summed E-state index contributed by atoms with van der Waals surface area (Å²) in [4.78, 5) is 5.52. The van der Waals surface area contributed by atoms with E-state index in [9.17, 15) is 0 Å². The fraction of sp³-hybridized carbons (Fsp3) is 0.250. The number of thioether (sulfide) groups is 1. The summed E-state index contributed by atoms with van der Waals surface area (Å²) in [6.07, 6.45) is 3.78. The van der Waals surface area contributed by atoms with E-state index in [1.54, 1.807) is 11.8 Å². The Kier molecular flexibility index (Phi) is 3.19. The molecule has 1 heterocycles. The molecule has 0 atom stereocenters. The molecule has 84 valence electrons. The first-order valence-electron chi connectivity index (χ1n) is 5.12. The highest BCUT2D eigenvalue weighted by Gasteiger charge is 2.03. The molecule has 0 radical (unpaired) electrons. The first kappa shape index (κ1) is 11.1. The van der Waals surface area contributed by atoms with Crippen molar-refractivity contribution in [3.63, 3.8) is 0 Å². The third kappa shape index (κ3) is 2.39. The van der Waals surface area contributed by atoms with Crippen molar-refractivity contribution in [3.8, 4) is 0 Å². The van der Waals surface area contributed by atoms with Crippen molar-refractivity contribution in [2.45, 2.75) is 17.6 Å². The van der Waals surface area contributed by atoms with E-state index in [4.69, 9.17) is 5.73 Å². The quantitative estimate of drug-likeness (QED) is 0.654. The van der Waals surface area contributed by atoms with E-state index in [2.05, 4.69) is 18.0 Å². The Morgan fingerprint density at radius 3 is 2.94 bits per heavy atom. The zero-order valence-corrected chi connectivity index (χ0v) is 10.3. The molecule has 0 aliphatic heterocycles. The summed E-state index contributed by atoms with van der Waals surface area (Å²) in [5.74, 6) is 1.94. The molecule has 0 bridgehead atoms. The molecular weight excluding hydrogens is 218 g/mol. The van der Waals surface area contributed by atoms with E-state index in [0.717, 1.165) is 17.3 Å². The van der Waals surface area contributed by atoms with Crippen LogP contribution in [-0.4, -0.2) is 9.55 Å². The Balaban J connectivity index is 2.10. The number of nitrogens with two attached hydrogens (primary N) is 1. The lowest BCUT2D eigenvalue weighted by Gasteiger charge is -2.06. The van der Waals surface area contributed by atoms with Crippen LogP contribution < -0.4 is 5.73 Å². The average Bonchev–Trinajstić information content (AvgIpc) is 2.66. The van der Waals surface area contributed by atoms with Crippen molar-refractivity contribution in [2.75, 3.05) is 5.73 Å². The summed E-state index contributed by atoms with van der Waals surface area (Å²) in [5, 5.41) is 0. The number of nitrogen functional groups attached to an aromatic ring is 1. The standard InChI is InChI=1S/C12H15N3S/c1-9-3-4-10(13)7-11(9)16-8-12-14-5-6-15(12)2/h3-7H,8,13H2,1-2H3. The van der Waals surface area contributed by atoms with E-state index in [1.165, 1.54) is 10.5 Å². The maximum atomic E-state index is 5.77. The molecule has 0 saturated carbocycles. The third-order valence-corrected chi connectivity index (χ3v) is 3.64. The lowest BCUT2D eigenvalue weighted by Crippen LogP contribution is -1.95. The van der Waals surface area contributed by atoms with Gasteiger partial charge in [0.15, 0.2) is 0 Å². The Labute approximate surface area is 99.7 Å². The number of benzene rings is 1. The van der Waals surface area contributed by atoms with Crippen LogP contribution in [0.1, 0.15) is 11.4 Å². The van der Waals surface area contributed by atoms with E-state index in [1.807, 2.05) is 36.1 Å². The van der Waals surface area contributed by atoms with E-state index < -0.39 is 0 Å². The Bertz CT molecular complexity index is 491. The van der Waals surface area contributed by atoms with Crippen molar-refractivity contribution in [1.82, 2.24) is 9.55 Å². The predicted molar refractivity (Wildman–Crippen MR) is 68.4 cm³/mol. The number of aryl methyl sites for hydroxylation is 2. The number of anilines is 1. The van der Waals surface area contributed by atoms with E-state index in [0.29, 0.717) is 0 Å². The molecule has 4 heteroatoms. The highest BCUT2D eigenvalue weighted by molar-refractivity contribution is 7.98. The summed E-state index contributed by atoms with van der Waals surface area (Å²) in [5.41, 5.74) is 7.84. The van der Waals surface area contributed by atoms with Crippen LogP contribution in [0.25, 0.3) is 0 Å². The molecule has 0 spiro atoms. The minimum Gasteiger partial charge on any atom is -0.399 e. The molecule has 1 aromatic carbocycles. The molecule has 3 nitrogen and oxygen atoms in total. The number of rotatable bonds is 3. The maximum absolute atomic E-state index is 5.77. The van der Waals surface area contributed by atoms with Crippen molar-refractivity contribution >= 4 is 17.4 Å². The van der Waals surface area contributed by atoms with Crippen LogP contribution in [0.2, 0.25) is 0 Å². The first-order valence-corrected chi connectivity index (χ1v) is 6.10. The van der Waals surface area contributed by atoms with Crippen LogP contribution >= 0.6 is 11.8 Å². The highest BCUT2D eigenvalue weighted by Crippen LogP contribution is 2.27. The van der Waals surface area contributed by atoms with Crippen LogP contribution in [-0.2, 0) is 12.8 Å². The minimum atomic E-state index is 0.813. The Hall–Kier alpha value is -1.42. The monoisotopic (exact) mass is 233 g/mol. The molecule has 0 aliphatic rings. The van der Waals surface area contributed by atoms with Gasteiger partial charge in [-0.1, -0.05) is 6.07 Å². The van der Waals surface area contributed by atoms with Gasteiger partial charge >= 0.3 is 0 Å². The molecule has 0 fully saturated rings. The van der Waals surface area contributed by atoms with Gasteiger partial charge in [-0.3, -0.25) is 0 Å². The zero-order chi connectivity index (χ0) is 11.5. The summed E-state index contributed by atoms with van der Waals surface area (Å²) >= 11 is 1.77. The van der Waals surface area contributed by atoms with Crippen molar-refractivity contribution < 1.29 is 0 Å². The van der Waals surface area contributed by atoms with Crippen molar-refractivity contribution in [3.05, 3.63) is 42.0 Å². The van der Waals surface area contributed by atoms with Gasteiger partial charge < -0.3 is 10.3 Å². The summed E-state index contributed by atoms with van der Waals surface area (Å²) in [6.45, 7) is 2.10. The summed E-state index contributed by atoms with van der Waals surface area (Å²) in [7, 11) is 2.01. The lowest BCUT2D eigenvalue weighted by atomic mass is 10.2. The molecule has 2 rings (SSSR count). The van der Waals surface area contributed by atoms with Gasteiger partial charge in [0.25, 0.3) is 0 Å². The number of nitrogens with zero attached hydrogens (tertiary/aromatic N) is 2. The minimum absolute atomic E-state index is 0.813. The predicted octanol–water partition coefficient (Wildman–Crippen LogP) is 2.60. The van der Waals surface area contributed by atoms with Gasteiger partial charge in [0.2, 0.25) is 0 Å². The molecule has 0 saturated heterocycles. The van der Waals surface area contributed by atoms with E-state index in [-0.39, 0.29) is 0 Å². The number of imidazole rings is 1.